The molecule has 0 amide bonds. The Bertz CT molecular complexity index is 284. The zero-order chi connectivity index (χ0) is 8.97. The van der Waals surface area contributed by atoms with Gasteiger partial charge in [-0.25, -0.2) is 9.97 Å². The maximum Gasteiger partial charge on any atom is 0.207 e. The summed E-state index contributed by atoms with van der Waals surface area (Å²) in [4.78, 5) is 8.68. The van der Waals surface area contributed by atoms with E-state index in [-0.39, 0.29) is 11.7 Å². The van der Waals surface area contributed by atoms with Crippen molar-refractivity contribution < 1.29 is 5.21 Å². The monoisotopic (exact) mass is 184 g/mol. The fraction of sp³-hybridized carbons (Fsp3) is 0.167. The molecule has 0 aliphatic carbocycles. The summed E-state index contributed by atoms with van der Waals surface area (Å²) in [6.07, 6.45) is 5.15. The summed E-state index contributed by atoms with van der Waals surface area (Å²) in [5.41, 5.74) is 5.25. The molecule has 0 fully saturated rings. The van der Waals surface area contributed by atoms with E-state index in [4.69, 9.17) is 10.9 Å². The molecule has 0 saturated carbocycles. The van der Waals surface area contributed by atoms with Crippen molar-refractivity contribution in [2.75, 3.05) is 6.26 Å². The maximum atomic E-state index is 8.29. The lowest BCUT2D eigenvalue weighted by molar-refractivity contribution is 0.318. The maximum absolute atomic E-state index is 8.29. The molecule has 64 valence electrons. The van der Waals surface area contributed by atoms with Crippen LogP contribution >= 0.6 is 11.8 Å². The Morgan fingerprint density at radius 2 is 2.17 bits per heavy atom. The van der Waals surface area contributed by atoms with Gasteiger partial charge < -0.3 is 10.9 Å². The van der Waals surface area contributed by atoms with E-state index in [1.807, 2.05) is 6.26 Å². The molecule has 12 heavy (non-hydrogen) atoms. The quantitative estimate of drug-likeness (QED) is 0.227. The molecular weight excluding hydrogens is 176 g/mol. The summed E-state index contributed by atoms with van der Waals surface area (Å²) >= 11 is 1.53. The van der Waals surface area contributed by atoms with Crippen LogP contribution < -0.4 is 5.73 Å². The van der Waals surface area contributed by atoms with Gasteiger partial charge in [-0.15, -0.1) is 11.8 Å². The van der Waals surface area contributed by atoms with Gasteiger partial charge in [0, 0.05) is 17.3 Å². The highest BCUT2D eigenvalue weighted by Gasteiger charge is 2.01. The zero-order valence-electron chi connectivity index (χ0n) is 6.43. The van der Waals surface area contributed by atoms with Gasteiger partial charge in [0.1, 0.15) is 0 Å². The van der Waals surface area contributed by atoms with Crippen molar-refractivity contribution in [2.45, 2.75) is 4.90 Å². The summed E-state index contributed by atoms with van der Waals surface area (Å²) in [5, 5.41) is 11.1. The van der Waals surface area contributed by atoms with Crippen molar-refractivity contribution in [3.05, 3.63) is 18.2 Å². The molecule has 0 radical (unpaired) electrons. The Morgan fingerprint density at radius 1 is 1.58 bits per heavy atom. The van der Waals surface area contributed by atoms with Gasteiger partial charge >= 0.3 is 0 Å². The largest absolute Gasteiger partial charge is 0.409 e. The Morgan fingerprint density at radius 3 is 2.58 bits per heavy atom. The van der Waals surface area contributed by atoms with E-state index in [1.165, 1.54) is 11.8 Å². The van der Waals surface area contributed by atoms with E-state index in [0.717, 1.165) is 4.90 Å². The van der Waals surface area contributed by atoms with Gasteiger partial charge in [0.25, 0.3) is 0 Å². The summed E-state index contributed by atoms with van der Waals surface area (Å²) in [6, 6.07) is 0. The number of rotatable bonds is 2. The number of hydrogen-bond acceptors (Lipinski definition) is 5. The van der Waals surface area contributed by atoms with Gasteiger partial charge in [-0.1, -0.05) is 5.16 Å². The van der Waals surface area contributed by atoms with Gasteiger partial charge in [0.15, 0.2) is 5.82 Å². The molecule has 0 aromatic carbocycles. The zero-order valence-corrected chi connectivity index (χ0v) is 7.25. The van der Waals surface area contributed by atoms with E-state index in [9.17, 15) is 0 Å². The van der Waals surface area contributed by atoms with Gasteiger partial charge in [-0.3, -0.25) is 0 Å². The molecule has 6 heteroatoms. The van der Waals surface area contributed by atoms with Crippen molar-refractivity contribution in [3.63, 3.8) is 0 Å². The number of aromatic nitrogens is 2. The number of nitrogens with zero attached hydrogens (tertiary/aromatic N) is 3. The van der Waals surface area contributed by atoms with Crippen LogP contribution in [0.5, 0.6) is 0 Å². The summed E-state index contributed by atoms with van der Waals surface area (Å²) in [5.74, 6) is 0.151. The summed E-state index contributed by atoms with van der Waals surface area (Å²) in [7, 11) is 0. The molecule has 0 aliphatic heterocycles. The van der Waals surface area contributed by atoms with Crippen LogP contribution in [0.3, 0.4) is 0 Å². The standard InChI is InChI=1S/C6H8N4OS/c1-12-4-2-8-6(9-3-4)5(7)10-11/h2-3,11H,1H3,(H2,7,10). The Labute approximate surface area is 73.7 Å². The van der Waals surface area contributed by atoms with Gasteiger partial charge in [-0.2, -0.15) is 0 Å². The average molecular weight is 184 g/mol. The van der Waals surface area contributed by atoms with E-state index < -0.39 is 0 Å². The normalized spacial score (nSPS) is 11.6. The highest BCUT2D eigenvalue weighted by Crippen LogP contribution is 2.10. The summed E-state index contributed by atoms with van der Waals surface area (Å²) in [6.45, 7) is 0. The molecule has 0 saturated heterocycles. The fourth-order valence-electron chi connectivity index (χ4n) is 0.599. The van der Waals surface area contributed by atoms with E-state index in [1.54, 1.807) is 12.4 Å². The Kier molecular flexibility index (Phi) is 2.87. The van der Waals surface area contributed by atoms with Gasteiger partial charge in [0.2, 0.25) is 5.84 Å². The second-order valence-electron chi connectivity index (χ2n) is 1.93. The number of thioether (sulfide) groups is 1. The third-order valence-electron chi connectivity index (χ3n) is 1.20. The lowest BCUT2D eigenvalue weighted by Gasteiger charge is -1.97. The third-order valence-corrected chi connectivity index (χ3v) is 1.88. The summed E-state index contributed by atoms with van der Waals surface area (Å²) < 4.78 is 0. The Balaban J connectivity index is 2.92. The van der Waals surface area contributed by atoms with E-state index in [2.05, 4.69) is 15.1 Å². The first-order valence-corrected chi connectivity index (χ1v) is 4.34. The minimum absolute atomic E-state index is 0.0809. The predicted octanol–water partition coefficient (Wildman–Crippen LogP) is 0.293. The minimum Gasteiger partial charge on any atom is -0.409 e. The van der Waals surface area contributed by atoms with Crippen LogP contribution in [0.2, 0.25) is 0 Å². The van der Waals surface area contributed by atoms with Crippen LogP contribution in [-0.2, 0) is 0 Å². The fourth-order valence-corrected chi connectivity index (χ4v) is 0.915. The van der Waals surface area contributed by atoms with Crippen LogP contribution in [0, 0.1) is 0 Å². The van der Waals surface area contributed by atoms with Crippen molar-refractivity contribution in [1.82, 2.24) is 9.97 Å². The smallest absolute Gasteiger partial charge is 0.207 e. The molecule has 1 aromatic rings. The second-order valence-corrected chi connectivity index (χ2v) is 2.81. The minimum atomic E-state index is -0.0809. The number of oxime groups is 1. The first kappa shape index (κ1) is 8.79. The second kappa shape index (κ2) is 3.91. The van der Waals surface area contributed by atoms with Gasteiger partial charge in [0.05, 0.1) is 0 Å². The van der Waals surface area contributed by atoms with E-state index in [0.29, 0.717) is 0 Å². The first-order valence-electron chi connectivity index (χ1n) is 3.12. The lowest BCUT2D eigenvalue weighted by Crippen LogP contribution is -2.16. The van der Waals surface area contributed by atoms with Crippen LogP contribution in [0.1, 0.15) is 5.82 Å². The van der Waals surface area contributed by atoms with Crippen molar-refractivity contribution in [2.24, 2.45) is 10.9 Å². The highest BCUT2D eigenvalue weighted by molar-refractivity contribution is 7.98. The SMILES string of the molecule is CSc1cnc(C(N)=NO)nc1. The molecule has 0 aliphatic rings. The number of amidine groups is 1. The Hall–Kier alpha value is -1.30. The average Bonchev–Trinajstić information content (AvgIpc) is 2.17. The van der Waals surface area contributed by atoms with E-state index >= 15 is 0 Å². The van der Waals surface area contributed by atoms with Crippen LogP contribution in [-0.4, -0.2) is 27.3 Å². The molecule has 3 N–H and O–H groups in total. The third kappa shape index (κ3) is 1.85. The lowest BCUT2D eigenvalue weighted by atomic mass is 10.5. The molecule has 0 atom stereocenters. The van der Waals surface area contributed by atoms with Crippen molar-refractivity contribution in [1.29, 1.82) is 0 Å². The molecule has 0 bridgehead atoms. The van der Waals surface area contributed by atoms with Crippen LogP contribution in [0.4, 0.5) is 0 Å². The predicted molar refractivity (Wildman–Crippen MR) is 46.3 cm³/mol. The first-order chi connectivity index (χ1) is 5.77. The molecule has 0 spiro atoms. The van der Waals surface area contributed by atoms with Gasteiger partial charge in [-0.05, 0) is 6.26 Å². The van der Waals surface area contributed by atoms with Crippen molar-refractivity contribution >= 4 is 17.6 Å². The molecule has 1 aromatic heterocycles. The topological polar surface area (TPSA) is 84.4 Å². The molecule has 5 nitrogen and oxygen atoms in total. The molecule has 1 rings (SSSR count). The number of nitrogens with two attached hydrogens (primary N) is 1. The van der Waals surface area contributed by atoms with Crippen molar-refractivity contribution in [3.8, 4) is 0 Å². The molecule has 1 heterocycles. The number of hydrogen-bond donors (Lipinski definition) is 2. The van der Waals surface area contributed by atoms with Crippen LogP contribution in [0.25, 0.3) is 0 Å². The molecule has 0 unspecified atom stereocenters. The molecular formula is C6H8N4OS. The highest BCUT2D eigenvalue weighted by atomic mass is 32.2. The van der Waals surface area contributed by atoms with Crippen LogP contribution in [0.15, 0.2) is 22.4 Å².